The van der Waals surface area contributed by atoms with Crippen LogP contribution < -0.4 is 25.4 Å². The molecule has 1 aromatic heterocycles. The van der Waals surface area contributed by atoms with Gasteiger partial charge in [-0.1, -0.05) is 72.0 Å². The van der Waals surface area contributed by atoms with Crippen molar-refractivity contribution in [3.63, 3.8) is 0 Å². The Morgan fingerprint density at radius 2 is 1.51 bits per heavy atom. The van der Waals surface area contributed by atoms with Gasteiger partial charge < -0.3 is 20.1 Å². The number of nitrogens with zero attached hydrogens (tertiary/aromatic N) is 2. The van der Waals surface area contributed by atoms with Gasteiger partial charge in [-0.3, -0.25) is 19.7 Å². The van der Waals surface area contributed by atoms with Crippen molar-refractivity contribution in [1.29, 1.82) is 0 Å². The summed E-state index contributed by atoms with van der Waals surface area (Å²) in [7, 11) is 3.02. The maximum Gasteiger partial charge on any atom is 0.272 e. The molecule has 0 saturated carbocycles. The second-order valence-electron chi connectivity index (χ2n) is 9.96. The molecule has 0 radical (unpaired) electrons. The minimum Gasteiger partial charge on any atom is -0.493 e. The average molecular weight is 666 g/mol. The number of rotatable bonds is 12. The van der Waals surface area contributed by atoms with E-state index in [4.69, 9.17) is 9.47 Å². The number of hydrogen-bond donors (Lipinski definition) is 3. The topological polar surface area (TPSA) is 132 Å². The molecule has 1 heterocycles. The number of ether oxygens (including phenoxy) is 2. The number of methoxy groups -OCH3 is 2. The molecule has 0 aliphatic carbocycles. The van der Waals surface area contributed by atoms with Crippen LogP contribution in [0.15, 0.2) is 114 Å². The van der Waals surface area contributed by atoms with Crippen LogP contribution in [-0.4, -0.2) is 42.1 Å². The lowest BCUT2D eigenvalue weighted by Crippen LogP contribution is -2.30. The molecule has 1 unspecified atom stereocenters. The van der Waals surface area contributed by atoms with Gasteiger partial charge >= 0.3 is 0 Å². The SMILES string of the molecule is COc1cccc(/C=C(\NC(=O)c2ccccc2)C(=O)Nc2ccc(SC(C(=O)Nc3nnc(C)s3)c3ccccc3)cc2)c1OC. The lowest BCUT2D eigenvalue weighted by Gasteiger charge is -2.16. The van der Waals surface area contributed by atoms with Gasteiger partial charge in [-0.15, -0.1) is 22.0 Å². The molecule has 0 saturated heterocycles. The van der Waals surface area contributed by atoms with Crippen LogP contribution in [0.25, 0.3) is 6.08 Å². The molecule has 5 aromatic rings. The van der Waals surface area contributed by atoms with E-state index < -0.39 is 17.1 Å². The van der Waals surface area contributed by atoms with Crippen LogP contribution in [0.2, 0.25) is 0 Å². The average Bonchev–Trinajstić information content (AvgIpc) is 3.51. The number of thioether (sulfide) groups is 1. The molecule has 0 fully saturated rings. The Kier molecular flexibility index (Phi) is 11.0. The number of para-hydroxylation sites is 1. The van der Waals surface area contributed by atoms with Crippen molar-refractivity contribution in [2.75, 3.05) is 24.9 Å². The summed E-state index contributed by atoms with van der Waals surface area (Å²) in [5.74, 6) is -0.340. The molecule has 12 heteroatoms. The van der Waals surface area contributed by atoms with Crippen LogP contribution in [0.5, 0.6) is 11.5 Å². The molecule has 0 spiro atoms. The maximum atomic E-state index is 13.6. The van der Waals surface area contributed by atoms with Gasteiger partial charge in [0.2, 0.25) is 11.0 Å². The molecule has 3 N–H and O–H groups in total. The number of hydrogen-bond acceptors (Lipinski definition) is 9. The van der Waals surface area contributed by atoms with Crippen molar-refractivity contribution in [2.45, 2.75) is 17.1 Å². The first-order chi connectivity index (χ1) is 22.8. The van der Waals surface area contributed by atoms with Crippen LogP contribution >= 0.6 is 23.1 Å². The maximum absolute atomic E-state index is 13.6. The van der Waals surface area contributed by atoms with E-state index in [0.29, 0.717) is 33.4 Å². The smallest absolute Gasteiger partial charge is 0.272 e. The molecule has 47 heavy (non-hydrogen) atoms. The number of anilines is 2. The Morgan fingerprint density at radius 3 is 2.15 bits per heavy atom. The molecule has 0 aliphatic rings. The van der Waals surface area contributed by atoms with Gasteiger partial charge in [0, 0.05) is 21.7 Å². The highest BCUT2D eigenvalue weighted by molar-refractivity contribution is 8.00. The van der Waals surface area contributed by atoms with Gasteiger partial charge in [-0.2, -0.15) is 0 Å². The number of carbonyl (C=O) groups excluding carboxylic acids is 3. The highest BCUT2D eigenvalue weighted by Crippen LogP contribution is 2.37. The predicted octanol–water partition coefficient (Wildman–Crippen LogP) is 6.75. The van der Waals surface area contributed by atoms with E-state index in [2.05, 4.69) is 26.1 Å². The lowest BCUT2D eigenvalue weighted by molar-refractivity contribution is -0.116. The van der Waals surface area contributed by atoms with E-state index in [-0.39, 0.29) is 11.6 Å². The zero-order valence-corrected chi connectivity index (χ0v) is 27.4. The van der Waals surface area contributed by atoms with Crippen LogP contribution in [0.3, 0.4) is 0 Å². The van der Waals surface area contributed by atoms with E-state index in [0.717, 1.165) is 15.5 Å². The van der Waals surface area contributed by atoms with Crippen LogP contribution in [0.1, 0.15) is 31.7 Å². The van der Waals surface area contributed by atoms with Gasteiger partial charge in [0.1, 0.15) is 16.0 Å². The summed E-state index contributed by atoms with van der Waals surface area (Å²) >= 11 is 2.67. The first-order valence-corrected chi connectivity index (χ1v) is 16.1. The second-order valence-corrected chi connectivity index (χ2v) is 12.3. The number of aromatic nitrogens is 2. The van der Waals surface area contributed by atoms with Crippen molar-refractivity contribution in [3.05, 3.63) is 131 Å². The summed E-state index contributed by atoms with van der Waals surface area (Å²) in [6, 6.07) is 30.4. The molecule has 10 nitrogen and oxygen atoms in total. The van der Waals surface area contributed by atoms with Gasteiger partial charge in [0.05, 0.1) is 14.2 Å². The Bertz CT molecular complexity index is 1880. The molecule has 0 aliphatic heterocycles. The highest BCUT2D eigenvalue weighted by atomic mass is 32.2. The molecule has 0 bridgehead atoms. The fourth-order valence-electron chi connectivity index (χ4n) is 4.49. The third-order valence-electron chi connectivity index (χ3n) is 6.72. The van der Waals surface area contributed by atoms with Gasteiger partial charge in [0.25, 0.3) is 11.8 Å². The van der Waals surface area contributed by atoms with Gasteiger partial charge in [0.15, 0.2) is 11.5 Å². The van der Waals surface area contributed by atoms with Crippen molar-refractivity contribution < 1.29 is 23.9 Å². The molecule has 4 aromatic carbocycles. The van der Waals surface area contributed by atoms with Gasteiger partial charge in [-0.05, 0) is 61.0 Å². The Labute approximate surface area is 280 Å². The third kappa shape index (κ3) is 8.63. The van der Waals surface area contributed by atoms with E-state index >= 15 is 0 Å². The highest BCUT2D eigenvalue weighted by Gasteiger charge is 2.24. The minimum atomic E-state index is -0.568. The van der Waals surface area contributed by atoms with Crippen molar-refractivity contribution >= 4 is 57.7 Å². The first-order valence-electron chi connectivity index (χ1n) is 14.4. The second kappa shape index (κ2) is 15.7. The quantitative estimate of drug-likeness (QED) is 0.0986. The number of carbonyl (C=O) groups is 3. The number of amides is 3. The van der Waals surface area contributed by atoms with Crippen LogP contribution in [-0.2, 0) is 9.59 Å². The number of benzene rings is 4. The molecular formula is C35H31N5O5S2. The number of aryl methyl sites for hydroxylation is 1. The van der Waals surface area contributed by atoms with Crippen LogP contribution in [0.4, 0.5) is 10.8 Å². The first kappa shape index (κ1) is 32.9. The van der Waals surface area contributed by atoms with E-state index in [1.165, 1.54) is 43.4 Å². The fraction of sp³-hybridized carbons (Fsp3) is 0.114. The minimum absolute atomic E-state index is 0.00316. The molecule has 238 valence electrons. The van der Waals surface area contributed by atoms with E-state index in [1.807, 2.05) is 49.4 Å². The summed E-state index contributed by atoms with van der Waals surface area (Å²) in [4.78, 5) is 40.8. The Morgan fingerprint density at radius 1 is 0.809 bits per heavy atom. The summed E-state index contributed by atoms with van der Waals surface area (Å²) in [5.41, 5.74) is 2.23. The van der Waals surface area contributed by atoms with Crippen molar-refractivity contribution in [3.8, 4) is 11.5 Å². The summed E-state index contributed by atoms with van der Waals surface area (Å²) in [6.07, 6.45) is 1.53. The molecular weight excluding hydrogens is 635 g/mol. The van der Waals surface area contributed by atoms with E-state index in [1.54, 1.807) is 60.7 Å². The van der Waals surface area contributed by atoms with Crippen molar-refractivity contribution in [2.24, 2.45) is 0 Å². The third-order valence-corrected chi connectivity index (χ3v) is 8.75. The summed E-state index contributed by atoms with van der Waals surface area (Å²) < 4.78 is 10.9. The number of nitrogens with one attached hydrogen (secondary N) is 3. The van der Waals surface area contributed by atoms with Crippen molar-refractivity contribution in [1.82, 2.24) is 15.5 Å². The largest absolute Gasteiger partial charge is 0.493 e. The van der Waals surface area contributed by atoms with E-state index in [9.17, 15) is 14.4 Å². The monoisotopic (exact) mass is 665 g/mol. The van der Waals surface area contributed by atoms with Crippen LogP contribution in [0, 0.1) is 6.92 Å². The zero-order chi connectivity index (χ0) is 33.2. The normalized spacial score (nSPS) is 11.7. The Balaban J connectivity index is 1.36. The van der Waals surface area contributed by atoms with Gasteiger partial charge in [-0.25, -0.2) is 0 Å². The zero-order valence-electron chi connectivity index (χ0n) is 25.7. The molecule has 1 atom stereocenters. The Hall–Kier alpha value is -5.46. The fourth-order valence-corrected chi connectivity index (χ4v) is 6.11. The summed E-state index contributed by atoms with van der Waals surface area (Å²) in [6.45, 7) is 1.82. The predicted molar refractivity (Wildman–Crippen MR) is 185 cm³/mol. The lowest BCUT2D eigenvalue weighted by atomic mass is 10.1. The summed E-state index contributed by atoms with van der Waals surface area (Å²) in [5, 5.41) is 17.1. The molecule has 3 amide bonds. The standard InChI is InChI=1S/C35H31N5O5S2/c1-22-39-40-35(46-22)38-34(43)31(23-11-6-4-7-12-23)47-27-19-17-26(18-20-27)36-33(42)28(37-32(41)24-13-8-5-9-14-24)21-25-15-10-16-29(44-2)30(25)45-3/h4-21,31H,1-3H3,(H,36,42)(H,37,41)(H,38,40,43)/b28-21-. The molecule has 5 rings (SSSR count).